The molecule has 0 spiro atoms. The number of nitrogens with two attached hydrogens (primary N) is 1. The first-order chi connectivity index (χ1) is 9.95. The molecule has 8 heteroatoms. The molecule has 1 aromatic carbocycles. The highest BCUT2D eigenvalue weighted by Crippen LogP contribution is 2.35. The Hall–Kier alpha value is -1.57. The molecule has 1 aliphatic rings. The lowest BCUT2D eigenvalue weighted by Gasteiger charge is -2.11. The maximum absolute atomic E-state index is 11.4. The number of sulfonamides is 1. The van der Waals surface area contributed by atoms with Crippen molar-refractivity contribution < 1.29 is 8.42 Å². The van der Waals surface area contributed by atoms with Crippen molar-refractivity contribution >= 4 is 27.3 Å². The highest BCUT2D eigenvalue weighted by Gasteiger charge is 2.25. The topological polar surface area (TPSA) is 90.0 Å². The zero-order chi connectivity index (χ0) is 15.0. The number of primary sulfonamides is 1. The largest absolute Gasteiger partial charge is 0.378 e. The average molecular weight is 327 g/mol. The number of hydrogen-bond donors (Lipinski definition) is 2. The lowest BCUT2D eigenvalue weighted by molar-refractivity contribution is 0.598. The van der Waals surface area contributed by atoms with Crippen LogP contribution in [0.15, 0.2) is 35.6 Å². The summed E-state index contributed by atoms with van der Waals surface area (Å²) in [6.07, 6.45) is 5.95. The van der Waals surface area contributed by atoms with Crippen LogP contribution in [-0.4, -0.2) is 18.0 Å². The quantitative estimate of drug-likeness (QED) is 0.880. The Balaban J connectivity index is 1.79. The molecule has 112 valence electrons. The summed E-state index contributed by atoms with van der Waals surface area (Å²) in [4.78, 5) is 4.18. The van der Waals surface area contributed by atoms with Gasteiger partial charge in [0.15, 0.2) is 0 Å². The van der Waals surface area contributed by atoms with Crippen molar-refractivity contribution in [3.8, 4) is 0 Å². The first-order valence-corrected chi connectivity index (χ1v) is 8.44. The normalized spacial score (nSPS) is 15.1. The third kappa shape index (κ3) is 3.20. The van der Waals surface area contributed by atoms with E-state index < -0.39 is 10.0 Å². The second kappa shape index (κ2) is 5.32. The van der Waals surface area contributed by atoms with Crippen LogP contribution in [0.4, 0.5) is 5.69 Å². The fourth-order valence-corrected chi connectivity index (χ4v) is 2.88. The second-order valence-electron chi connectivity index (χ2n) is 5.06. The van der Waals surface area contributed by atoms with Crippen LogP contribution in [0.1, 0.15) is 24.6 Å². The highest BCUT2D eigenvalue weighted by molar-refractivity contribution is 7.89. The summed E-state index contributed by atoms with van der Waals surface area (Å²) in [7, 11) is -3.74. The number of nitrogens with zero attached hydrogens (tertiary/aromatic N) is 2. The minimum Gasteiger partial charge on any atom is -0.378 e. The van der Waals surface area contributed by atoms with Crippen LogP contribution >= 0.6 is 11.6 Å². The monoisotopic (exact) mass is 326 g/mol. The molecule has 21 heavy (non-hydrogen) atoms. The predicted molar refractivity (Wildman–Crippen MR) is 80.6 cm³/mol. The summed E-state index contributed by atoms with van der Waals surface area (Å²) < 4.78 is 24.9. The van der Waals surface area contributed by atoms with Gasteiger partial charge >= 0.3 is 0 Å². The molecule has 1 aromatic heterocycles. The number of aromatic nitrogens is 2. The van der Waals surface area contributed by atoms with Crippen molar-refractivity contribution in [2.45, 2.75) is 30.3 Å². The van der Waals surface area contributed by atoms with Crippen LogP contribution < -0.4 is 10.5 Å². The predicted octanol–water partition coefficient (Wildman–Crippen LogP) is 2.13. The minimum absolute atomic E-state index is 0.0325. The van der Waals surface area contributed by atoms with Gasteiger partial charge in [-0.2, -0.15) is 0 Å². The standard InChI is InChI=1S/C13H15ClN4O2S/c14-12-4-3-11(21(15,19)20)5-13(12)17-7-10-6-16-8-18(10)9-1-2-9/h3-6,8-9,17H,1-2,7H2,(H2,15,19,20). The third-order valence-corrected chi connectivity index (χ3v) is 4.65. The van der Waals surface area contributed by atoms with Gasteiger partial charge < -0.3 is 9.88 Å². The fourth-order valence-electron chi connectivity index (χ4n) is 2.15. The molecular weight excluding hydrogens is 312 g/mol. The van der Waals surface area contributed by atoms with E-state index in [9.17, 15) is 8.42 Å². The van der Waals surface area contributed by atoms with E-state index in [1.807, 2.05) is 6.33 Å². The minimum atomic E-state index is -3.74. The van der Waals surface area contributed by atoms with Gasteiger partial charge in [0, 0.05) is 12.2 Å². The van der Waals surface area contributed by atoms with E-state index in [0.717, 1.165) is 5.69 Å². The van der Waals surface area contributed by atoms with Gasteiger partial charge in [-0.3, -0.25) is 0 Å². The number of hydrogen-bond acceptors (Lipinski definition) is 4. The van der Waals surface area contributed by atoms with Crippen LogP contribution in [0.25, 0.3) is 0 Å². The van der Waals surface area contributed by atoms with E-state index in [0.29, 0.717) is 23.3 Å². The molecule has 3 N–H and O–H groups in total. The Morgan fingerprint density at radius 1 is 1.43 bits per heavy atom. The molecule has 0 saturated heterocycles. The SMILES string of the molecule is NS(=O)(=O)c1ccc(Cl)c(NCc2cncn2C2CC2)c1. The summed E-state index contributed by atoms with van der Waals surface area (Å²) in [5.41, 5.74) is 1.57. The molecule has 0 aliphatic heterocycles. The number of benzene rings is 1. The van der Waals surface area contributed by atoms with Crippen molar-refractivity contribution in [3.05, 3.63) is 41.4 Å². The van der Waals surface area contributed by atoms with Crippen molar-refractivity contribution in [1.82, 2.24) is 9.55 Å². The smallest absolute Gasteiger partial charge is 0.238 e. The summed E-state index contributed by atoms with van der Waals surface area (Å²) in [6.45, 7) is 0.518. The van der Waals surface area contributed by atoms with Gasteiger partial charge in [-0.25, -0.2) is 18.5 Å². The molecule has 1 fully saturated rings. The van der Waals surface area contributed by atoms with E-state index in [4.69, 9.17) is 16.7 Å². The molecule has 3 rings (SSSR count). The Labute approximate surface area is 128 Å². The summed E-state index contributed by atoms with van der Waals surface area (Å²) in [5.74, 6) is 0. The Bertz CT molecular complexity index is 768. The number of rotatable bonds is 5. The summed E-state index contributed by atoms with van der Waals surface area (Å²) in [5, 5.41) is 8.71. The zero-order valence-corrected chi connectivity index (χ0v) is 12.7. The van der Waals surface area contributed by atoms with Crippen LogP contribution in [0.5, 0.6) is 0 Å². The van der Waals surface area contributed by atoms with Crippen LogP contribution in [0.2, 0.25) is 5.02 Å². The van der Waals surface area contributed by atoms with Crippen molar-refractivity contribution in [3.63, 3.8) is 0 Å². The molecule has 2 aromatic rings. The Morgan fingerprint density at radius 2 is 2.19 bits per heavy atom. The first kappa shape index (κ1) is 14.4. The number of halogens is 1. The Morgan fingerprint density at radius 3 is 2.86 bits per heavy atom. The molecule has 0 radical (unpaired) electrons. The van der Waals surface area contributed by atoms with E-state index in [1.54, 1.807) is 6.20 Å². The van der Waals surface area contributed by atoms with E-state index in [-0.39, 0.29) is 4.90 Å². The molecule has 0 amide bonds. The third-order valence-electron chi connectivity index (χ3n) is 3.41. The maximum atomic E-state index is 11.4. The molecule has 0 atom stereocenters. The van der Waals surface area contributed by atoms with E-state index in [1.165, 1.54) is 31.0 Å². The van der Waals surface area contributed by atoms with Crippen molar-refractivity contribution in [1.29, 1.82) is 0 Å². The Kier molecular flexibility index (Phi) is 3.64. The lowest BCUT2D eigenvalue weighted by atomic mass is 10.3. The molecule has 0 bridgehead atoms. The van der Waals surface area contributed by atoms with Crippen molar-refractivity contribution in [2.75, 3.05) is 5.32 Å². The van der Waals surface area contributed by atoms with Gasteiger partial charge in [0.2, 0.25) is 10.0 Å². The molecule has 1 aliphatic carbocycles. The van der Waals surface area contributed by atoms with Crippen molar-refractivity contribution in [2.24, 2.45) is 5.14 Å². The molecule has 1 saturated carbocycles. The zero-order valence-electron chi connectivity index (χ0n) is 11.2. The maximum Gasteiger partial charge on any atom is 0.238 e. The van der Waals surface area contributed by atoms with Gasteiger partial charge in [0.25, 0.3) is 0 Å². The highest BCUT2D eigenvalue weighted by atomic mass is 35.5. The van der Waals surface area contributed by atoms with Crippen LogP contribution in [-0.2, 0) is 16.6 Å². The molecular formula is C13H15ClN4O2S. The molecule has 6 nitrogen and oxygen atoms in total. The molecule has 0 unspecified atom stereocenters. The summed E-state index contributed by atoms with van der Waals surface area (Å²) >= 11 is 6.08. The lowest BCUT2D eigenvalue weighted by Crippen LogP contribution is -2.13. The molecule has 1 heterocycles. The van der Waals surface area contributed by atoms with Gasteiger partial charge in [-0.15, -0.1) is 0 Å². The fraction of sp³-hybridized carbons (Fsp3) is 0.308. The number of nitrogens with one attached hydrogen (secondary N) is 1. The van der Waals surface area contributed by atoms with Gasteiger partial charge in [0.05, 0.1) is 34.2 Å². The van der Waals surface area contributed by atoms with Gasteiger partial charge in [-0.05, 0) is 31.0 Å². The second-order valence-corrected chi connectivity index (χ2v) is 7.03. The summed E-state index contributed by atoms with van der Waals surface area (Å²) in [6, 6.07) is 4.88. The number of imidazole rings is 1. The van der Waals surface area contributed by atoms with Gasteiger partial charge in [0.1, 0.15) is 0 Å². The van der Waals surface area contributed by atoms with Crippen LogP contribution in [0.3, 0.4) is 0 Å². The van der Waals surface area contributed by atoms with E-state index in [2.05, 4.69) is 14.9 Å². The van der Waals surface area contributed by atoms with Gasteiger partial charge in [-0.1, -0.05) is 11.6 Å². The van der Waals surface area contributed by atoms with E-state index >= 15 is 0 Å². The number of anilines is 1. The first-order valence-electron chi connectivity index (χ1n) is 6.52. The average Bonchev–Trinajstić information content (AvgIpc) is 3.16. The van der Waals surface area contributed by atoms with Crippen LogP contribution in [0, 0.1) is 0 Å².